The Morgan fingerprint density at radius 1 is 0.373 bits per heavy atom. The molecular weight excluding hydrogens is 1790 g/mol. The molecule has 0 radical (unpaired) electrons. The highest BCUT2D eigenvalue weighted by Crippen LogP contribution is 2.47. The van der Waals surface area contributed by atoms with Crippen LogP contribution in [0.3, 0.4) is 0 Å². The number of hydrogen-bond donors (Lipinski definition) is 5. The van der Waals surface area contributed by atoms with E-state index in [4.69, 9.17) is 18.9 Å². The summed E-state index contributed by atoms with van der Waals surface area (Å²) in [7, 11) is 0. The Balaban J connectivity index is 0.000000172. The Morgan fingerprint density at radius 2 is 0.662 bits per heavy atom. The van der Waals surface area contributed by atoms with Crippen LogP contribution in [-0.2, 0) is 72.8 Å². The van der Waals surface area contributed by atoms with E-state index >= 15 is 0 Å². The van der Waals surface area contributed by atoms with E-state index in [1.165, 1.54) is 49.4 Å². The summed E-state index contributed by atoms with van der Waals surface area (Å²) in [5.74, 6) is -2.72. The van der Waals surface area contributed by atoms with Crippen LogP contribution in [0.1, 0.15) is 182 Å². The topological polar surface area (TPSA) is 231 Å². The largest absolute Gasteiger partial charge is 0.461 e. The first-order valence-electron chi connectivity index (χ1n) is 48.5. The molecule has 0 saturated carbocycles. The van der Waals surface area contributed by atoms with Crippen LogP contribution in [0.25, 0.3) is 67.2 Å². The molecule has 4 heterocycles. The predicted molar refractivity (Wildman–Crippen MR) is 556 cm³/mol. The van der Waals surface area contributed by atoms with Crippen molar-refractivity contribution in [3.05, 3.63) is 426 Å². The highest BCUT2D eigenvalue weighted by molar-refractivity contribution is 6.15. The number of aliphatic hydroxyl groups is 2. The van der Waals surface area contributed by atoms with Crippen molar-refractivity contribution in [1.29, 1.82) is 0 Å². The SMILES string of the molecule is CC(=O)C[C@@H](C[C@H](O)CCn1c(-c2ccc(F)cc2)c(-c2ccccc2)c(C(=O)Nc2ccccc2)c1C(C)C)OCc1ccccc1.CC(C)c1c(C(=O)Nc2ccccc2)c(-c2ccccc2)c(-c2ccc(F)cc2)n1CC[C@@H](O)C[C@H](CC(=O)OCc1ccccc1)OCc1ccccc1.CC(C)c1c(C(=O)Nc2ccccc2)c(-c2ccccc2)c(-c2ccc(F)cc2)n1CC[C@@H]1CC=CC(=O)O1. The number of Topliss-reactive ketones (excluding diaryl/α,β-unsaturated/α-hetero) is 1. The molecule has 0 aliphatic carbocycles. The highest BCUT2D eigenvalue weighted by atomic mass is 19.1. The highest BCUT2D eigenvalue weighted by Gasteiger charge is 2.36. The van der Waals surface area contributed by atoms with E-state index in [1.54, 1.807) is 36.4 Å². The van der Waals surface area contributed by atoms with Crippen LogP contribution in [0, 0.1) is 17.5 Å². The Hall–Kier alpha value is -15.1. The number of carbonyl (C=O) groups excluding carboxylic acids is 6. The number of aromatic nitrogens is 3. The van der Waals surface area contributed by atoms with Crippen molar-refractivity contribution >= 4 is 52.5 Å². The lowest BCUT2D eigenvalue weighted by Gasteiger charge is -2.23. The number of aliphatic hydroxyl groups excluding tert-OH is 2. The smallest absolute Gasteiger partial charge is 0.330 e. The summed E-state index contributed by atoms with van der Waals surface area (Å²) in [6.07, 6.45) is 2.82. The molecular formula is C121H121F3N6O12. The minimum Gasteiger partial charge on any atom is -0.461 e. The second-order valence-electron chi connectivity index (χ2n) is 36.4. The van der Waals surface area contributed by atoms with E-state index in [0.717, 1.165) is 101 Å². The zero-order chi connectivity index (χ0) is 100.0. The number of para-hydroxylation sites is 3. The summed E-state index contributed by atoms with van der Waals surface area (Å²) in [6.45, 7) is 15.8. The molecule has 0 bridgehead atoms. The molecule has 142 heavy (non-hydrogen) atoms. The quantitative estimate of drug-likeness (QED) is 0.0226. The van der Waals surface area contributed by atoms with Gasteiger partial charge < -0.3 is 58.8 Å². The summed E-state index contributed by atoms with van der Waals surface area (Å²) in [4.78, 5) is 79.8. The number of cyclic esters (lactones) is 1. The van der Waals surface area contributed by atoms with Gasteiger partial charge in [0.1, 0.15) is 35.9 Å². The summed E-state index contributed by atoms with van der Waals surface area (Å²) < 4.78 is 72.4. The Morgan fingerprint density at radius 3 is 0.965 bits per heavy atom. The molecule has 5 N–H and O–H groups in total. The van der Waals surface area contributed by atoms with Crippen molar-refractivity contribution in [1.82, 2.24) is 13.7 Å². The molecule has 0 saturated heterocycles. The number of nitrogens with one attached hydrogen (secondary N) is 3. The number of amides is 3. The van der Waals surface area contributed by atoms with Crippen LogP contribution in [0.4, 0.5) is 30.2 Å². The zero-order valence-corrected chi connectivity index (χ0v) is 81.0. The number of halogens is 3. The van der Waals surface area contributed by atoms with Crippen LogP contribution in [0.5, 0.6) is 0 Å². The molecule has 21 heteroatoms. The standard InChI is InChI=1S/C47H47FN2O5.C41H43FN2O4.C33H31FN2O3/c1-33(2)45-44(47(53)49-39-21-13-6-14-22-39)43(36-19-11-5-12-20-36)46(37-23-25-38(48)26-24-37)50(45)28-27-40(51)29-41(54-31-34-15-7-3-8-16-34)30-42(52)55-32-35-17-9-4-10-18-35;1-28(2)39-38(41(47)43-34-17-11-6-12-18-34)37(31-15-9-5-10-16-31)40(32-19-21-33(42)22-20-32)44(39)24-23-35(46)26-36(25-29(3)45)48-27-30-13-7-4-8-14-30;1-22(2)31-30(33(38)35-26-12-7-4-8-13-26)29(23-10-5-3-6-11-23)32(24-16-18-25(34)19-17-24)36(31)21-20-27-14-9-15-28(37)39-27/h3-26,33,40-41,51H,27-32H2,1-2H3,(H,49,53);4-22,28,35-36,46H,23-27H2,1-3H3,(H,43,47);3-13,15-19,22,27H,14,20-21H2,1-2H3,(H,35,38)/t40-,41-;35-,36+;27-/m110/s1. The van der Waals surface area contributed by atoms with E-state index in [9.17, 15) is 52.2 Å². The number of ketones is 1. The molecule has 1 aliphatic heterocycles. The monoisotopic (exact) mass is 1910 g/mol. The fraction of sp³-hybridized carbons (Fsp3) is 0.240. The predicted octanol–water partition coefficient (Wildman–Crippen LogP) is 26.8. The van der Waals surface area contributed by atoms with Gasteiger partial charge in [-0.3, -0.25) is 24.0 Å². The average Bonchev–Trinajstić information content (AvgIpc) is 1.60. The van der Waals surface area contributed by atoms with Gasteiger partial charge in [0.15, 0.2) is 0 Å². The summed E-state index contributed by atoms with van der Waals surface area (Å²) >= 11 is 0. The van der Waals surface area contributed by atoms with Gasteiger partial charge in [0.05, 0.1) is 77.8 Å². The van der Waals surface area contributed by atoms with Crippen molar-refractivity contribution in [2.75, 3.05) is 16.0 Å². The van der Waals surface area contributed by atoms with Crippen LogP contribution >= 0.6 is 0 Å². The zero-order valence-electron chi connectivity index (χ0n) is 81.0. The van der Waals surface area contributed by atoms with Crippen molar-refractivity contribution < 1.29 is 71.1 Å². The van der Waals surface area contributed by atoms with Gasteiger partial charge in [0.2, 0.25) is 0 Å². The summed E-state index contributed by atoms with van der Waals surface area (Å²) in [6, 6.07) is 105. The third-order valence-corrected chi connectivity index (χ3v) is 24.7. The number of hydrogen-bond acceptors (Lipinski definition) is 12. The van der Waals surface area contributed by atoms with Crippen LogP contribution < -0.4 is 16.0 Å². The Labute approximate surface area is 828 Å². The lowest BCUT2D eigenvalue weighted by atomic mass is 9.94. The number of ether oxygens (including phenoxy) is 4. The fourth-order valence-electron chi connectivity index (χ4n) is 18.3. The van der Waals surface area contributed by atoms with Crippen molar-refractivity contribution in [2.24, 2.45) is 0 Å². The number of rotatable bonds is 40. The van der Waals surface area contributed by atoms with Crippen molar-refractivity contribution in [3.8, 4) is 67.2 Å². The summed E-state index contributed by atoms with van der Waals surface area (Å²) in [5.41, 5.74) is 18.5. The number of nitrogens with zero attached hydrogens (tertiary/aromatic N) is 3. The second kappa shape index (κ2) is 50.6. The van der Waals surface area contributed by atoms with Crippen molar-refractivity contribution in [2.45, 2.75) is 188 Å². The van der Waals surface area contributed by atoms with Gasteiger partial charge >= 0.3 is 11.9 Å². The van der Waals surface area contributed by atoms with Crippen LogP contribution in [-0.4, -0.2) is 89.9 Å². The minimum absolute atomic E-state index is 0.00654. The van der Waals surface area contributed by atoms with E-state index in [0.29, 0.717) is 85.7 Å². The lowest BCUT2D eigenvalue weighted by Crippen LogP contribution is -2.26. The molecule has 12 aromatic carbocycles. The molecule has 1 aliphatic rings. The fourth-order valence-corrected chi connectivity index (χ4v) is 18.3. The Kier molecular flexibility index (Phi) is 36.6. The molecule has 0 fully saturated rings. The van der Waals surface area contributed by atoms with Gasteiger partial charge in [-0.25, -0.2) is 18.0 Å². The van der Waals surface area contributed by atoms with Crippen LogP contribution in [0.15, 0.2) is 358 Å². The molecule has 0 unspecified atom stereocenters. The molecule has 5 atom stereocenters. The van der Waals surface area contributed by atoms with Gasteiger partial charge in [-0.1, -0.05) is 284 Å². The van der Waals surface area contributed by atoms with E-state index in [-0.39, 0.29) is 110 Å². The molecule has 3 amide bonds. The van der Waals surface area contributed by atoms with Gasteiger partial charge in [-0.2, -0.15) is 0 Å². The Bertz CT molecular complexity index is 6670. The third kappa shape index (κ3) is 27.7. The molecule has 18 nitrogen and oxygen atoms in total. The molecule has 16 rings (SSSR count). The van der Waals surface area contributed by atoms with Gasteiger partial charge in [-0.15, -0.1) is 0 Å². The molecule has 728 valence electrons. The summed E-state index contributed by atoms with van der Waals surface area (Å²) in [5, 5.41) is 32.3. The first-order valence-corrected chi connectivity index (χ1v) is 48.5. The van der Waals surface area contributed by atoms with E-state index < -0.39 is 30.4 Å². The first-order chi connectivity index (χ1) is 68.9. The molecule has 15 aromatic rings. The minimum atomic E-state index is -0.868. The molecule has 3 aromatic heterocycles. The maximum absolute atomic E-state index is 14.4. The van der Waals surface area contributed by atoms with Gasteiger partial charge in [0, 0.05) is 109 Å². The van der Waals surface area contributed by atoms with E-state index in [2.05, 4.69) is 43.5 Å². The lowest BCUT2D eigenvalue weighted by molar-refractivity contribution is -0.149. The number of benzene rings is 12. The van der Waals surface area contributed by atoms with Gasteiger partial charge in [-0.05, 0) is 197 Å². The molecule has 0 spiro atoms. The third-order valence-electron chi connectivity index (χ3n) is 24.7. The van der Waals surface area contributed by atoms with Crippen molar-refractivity contribution in [3.63, 3.8) is 0 Å². The maximum Gasteiger partial charge on any atom is 0.330 e. The number of anilines is 3. The maximum atomic E-state index is 14.4. The number of esters is 2. The van der Waals surface area contributed by atoms with Crippen LogP contribution in [0.2, 0.25) is 0 Å². The first kappa shape index (κ1) is 103. The number of carbonyl (C=O) groups is 6. The average molecular weight is 1910 g/mol. The van der Waals surface area contributed by atoms with E-state index in [1.807, 2.05) is 307 Å². The van der Waals surface area contributed by atoms with Gasteiger partial charge in [0.25, 0.3) is 17.7 Å². The second-order valence-corrected chi connectivity index (χ2v) is 36.4. The normalized spacial score (nSPS) is 13.1.